The van der Waals surface area contributed by atoms with Crippen molar-refractivity contribution in [2.75, 3.05) is 17.7 Å². The highest BCUT2D eigenvalue weighted by atomic mass is 79.9. The van der Waals surface area contributed by atoms with Gasteiger partial charge in [-0.2, -0.15) is 0 Å². The van der Waals surface area contributed by atoms with Crippen molar-refractivity contribution in [2.45, 2.75) is 26.4 Å². The Labute approximate surface area is 158 Å². The van der Waals surface area contributed by atoms with Gasteiger partial charge in [0.2, 0.25) is 0 Å². The van der Waals surface area contributed by atoms with E-state index in [1.54, 1.807) is 50.4 Å². The summed E-state index contributed by atoms with van der Waals surface area (Å²) in [6, 6.07) is 6.68. The van der Waals surface area contributed by atoms with E-state index in [-0.39, 0.29) is 5.91 Å². The first-order valence-corrected chi connectivity index (χ1v) is 9.08. The van der Waals surface area contributed by atoms with Gasteiger partial charge < -0.3 is 14.8 Å². The lowest BCUT2D eigenvalue weighted by Gasteiger charge is -2.20. The minimum absolute atomic E-state index is 0.289. The predicted octanol–water partition coefficient (Wildman–Crippen LogP) is 5.12. The van der Waals surface area contributed by atoms with Crippen molar-refractivity contribution >= 4 is 50.6 Å². The standard InChI is InChI=1S/C17H19BrN2O4S/c1-17(2,3)24-16(22)20-12-6-5-11(23-4)8-13(12)19-15(21)10-7-14(18)25-9-10/h5-9H,1-4H3,(H,19,21)(H,20,22). The Hall–Kier alpha value is -2.06. The predicted molar refractivity (Wildman–Crippen MR) is 103 cm³/mol. The minimum Gasteiger partial charge on any atom is -0.497 e. The molecule has 0 radical (unpaired) electrons. The number of thiophene rings is 1. The van der Waals surface area contributed by atoms with Crippen LogP contribution in [-0.2, 0) is 4.74 Å². The highest BCUT2D eigenvalue weighted by Gasteiger charge is 2.18. The second-order valence-electron chi connectivity index (χ2n) is 6.13. The van der Waals surface area contributed by atoms with E-state index in [0.717, 1.165) is 3.79 Å². The topological polar surface area (TPSA) is 76.7 Å². The third-order valence-corrected chi connectivity index (χ3v) is 4.44. The molecule has 2 amide bonds. The van der Waals surface area contributed by atoms with Crippen LogP contribution in [0.2, 0.25) is 0 Å². The van der Waals surface area contributed by atoms with Gasteiger partial charge in [-0.3, -0.25) is 10.1 Å². The Balaban J connectivity index is 2.22. The number of anilines is 2. The molecule has 0 spiro atoms. The molecular weight excluding hydrogens is 408 g/mol. The number of carbonyl (C=O) groups is 2. The van der Waals surface area contributed by atoms with Crippen LogP contribution >= 0.6 is 27.3 Å². The Kier molecular flexibility index (Phi) is 6.07. The maximum Gasteiger partial charge on any atom is 0.412 e. The lowest BCUT2D eigenvalue weighted by atomic mass is 10.2. The van der Waals surface area contributed by atoms with Gasteiger partial charge in [-0.1, -0.05) is 0 Å². The first-order valence-electron chi connectivity index (χ1n) is 7.41. The van der Waals surface area contributed by atoms with Gasteiger partial charge in [0.15, 0.2) is 0 Å². The molecule has 0 atom stereocenters. The van der Waals surface area contributed by atoms with E-state index in [2.05, 4.69) is 26.6 Å². The minimum atomic E-state index is -0.622. The molecule has 2 rings (SSSR count). The van der Waals surface area contributed by atoms with Crippen LogP contribution in [0.3, 0.4) is 0 Å². The van der Waals surface area contributed by atoms with E-state index in [1.165, 1.54) is 18.4 Å². The summed E-state index contributed by atoms with van der Waals surface area (Å²) >= 11 is 4.74. The molecule has 134 valence electrons. The SMILES string of the molecule is COc1ccc(NC(=O)OC(C)(C)C)c(NC(=O)c2csc(Br)c2)c1. The summed E-state index contributed by atoms with van der Waals surface area (Å²) in [5, 5.41) is 7.16. The van der Waals surface area contributed by atoms with Crippen molar-refractivity contribution in [3.05, 3.63) is 39.0 Å². The maximum atomic E-state index is 12.4. The van der Waals surface area contributed by atoms with E-state index >= 15 is 0 Å². The molecular formula is C17H19BrN2O4S. The van der Waals surface area contributed by atoms with E-state index < -0.39 is 11.7 Å². The summed E-state index contributed by atoms with van der Waals surface area (Å²) in [7, 11) is 1.53. The highest BCUT2D eigenvalue weighted by molar-refractivity contribution is 9.11. The fraction of sp³-hybridized carbons (Fsp3) is 0.294. The van der Waals surface area contributed by atoms with Gasteiger partial charge in [0.1, 0.15) is 11.4 Å². The Morgan fingerprint density at radius 2 is 1.84 bits per heavy atom. The molecule has 1 aromatic heterocycles. The second-order valence-corrected chi connectivity index (χ2v) is 8.42. The van der Waals surface area contributed by atoms with Crippen molar-refractivity contribution in [3.63, 3.8) is 0 Å². The molecule has 1 heterocycles. The number of carbonyl (C=O) groups excluding carboxylic acids is 2. The number of ether oxygens (including phenoxy) is 2. The third kappa shape index (κ3) is 5.75. The van der Waals surface area contributed by atoms with Gasteiger partial charge in [0.05, 0.1) is 27.8 Å². The Bertz CT molecular complexity index is 783. The molecule has 0 bridgehead atoms. The number of amides is 2. The molecule has 0 fully saturated rings. The number of halogens is 1. The lowest BCUT2D eigenvalue weighted by molar-refractivity contribution is 0.0635. The smallest absolute Gasteiger partial charge is 0.412 e. The summed E-state index contributed by atoms with van der Waals surface area (Å²) in [5.41, 5.74) is 0.723. The number of nitrogens with one attached hydrogen (secondary N) is 2. The Morgan fingerprint density at radius 3 is 2.40 bits per heavy atom. The largest absolute Gasteiger partial charge is 0.497 e. The molecule has 2 aromatic rings. The van der Waals surface area contributed by atoms with Gasteiger partial charge in [-0.05, 0) is 54.9 Å². The first-order chi connectivity index (χ1) is 11.7. The molecule has 0 aliphatic rings. The average Bonchev–Trinajstić information content (AvgIpc) is 2.93. The number of methoxy groups -OCH3 is 1. The van der Waals surface area contributed by atoms with Crippen molar-refractivity contribution in [3.8, 4) is 5.75 Å². The molecule has 1 aromatic carbocycles. The van der Waals surface area contributed by atoms with Gasteiger partial charge in [0.25, 0.3) is 5.91 Å². The molecule has 0 unspecified atom stereocenters. The van der Waals surface area contributed by atoms with Gasteiger partial charge in [0, 0.05) is 11.4 Å². The summed E-state index contributed by atoms with van der Waals surface area (Å²) in [6.45, 7) is 5.33. The summed E-state index contributed by atoms with van der Waals surface area (Å²) < 4.78 is 11.3. The quantitative estimate of drug-likeness (QED) is 0.710. The number of hydrogen-bond donors (Lipinski definition) is 2. The summed E-state index contributed by atoms with van der Waals surface area (Å²) in [5.74, 6) is 0.263. The Morgan fingerprint density at radius 1 is 1.12 bits per heavy atom. The first kappa shape index (κ1) is 19.3. The van der Waals surface area contributed by atoms with Crippen molar-refractivity contribution in [1.29, 1.82) is 0 Å². The zero-order valence-corrected chi connectivity index (χ0v) is 16.7. The molecule has 0 aliphatic carbocycles. The van der Waals surface area contributed by atoms with E-state index in [4.69, 9.17) is 9.47 Å². The fourth-order valence-electron chi connectivity index (χ4n) is 1.90. The molecule has 2 N–H and O–H groups in total. The molecule has 6 nitrogen and oxygen atoms in total. The van der Waals surface area contributed by atoms with Gasteiger partial charge in [-0.25, -0.2) is 4.79 Å². The third-order valence-electron chi connectivity index (χ3n) is 2.94. The van der Waals surface area contributed by atoms with Crippen LogP contribution in [0.4, 0.5) is 16.2 Å². The zero-order chi connectivity index (χ0) is 18.6. The highest BCUT2D eigenvalue weighted by Crippen LogP contribution is 2.29. The van der Waals surface area contributed by atoms with Crippen LogP contribution in [0.5, 0.6) is 5.75 Å². The monoisotopic (exact) mass is 426 g/mol. The van der Waals surface area contributed by atoms with E-state index in [1.807, 2.05) is 0 Å². The maximum absolute atomic E-state index is 12.4. The van der Waals surface area contributed by atoms with Crippen LogP contribution in [0.15, 0.2) is 33.4 Å². The normalized spacial score (nSPS) is 10.9. The van der Waals surface area contributed by atoms with E-state index in [9.17, 15) is 9.59 Å². The zero-order valence-electron chi connectivity index (χ0n) is 14.3. The fourth-order valence-corrected chi connectivity index (χ4v) is 3.04. The van der Waals surface area contributed by atoms with Crippen LogP contribution in [-0.4, -0.2) is 24.7 Å². The van der Waals surface area contributed by atoms with Gasteiger partial charge >= 0.3 is 6.09 Å². The molecule has 25 heavy (non-hydrogen) atoms. The van der Waals surface area contributed by atoms with E-state index in [0.29, 0.717) is 22.7 Å². The molecule has 0 saturated heterocycles. The second kappa shape index (κ2) is 7.88. The molecule has 8 heteroatoms. The van der Waals surface area contributed by atoms with Crippen molar-refractivity contribution < 1.29 is 19.1 Å². The van der Waals surface area contributed by atoms with Gasteiger partial charge in [-0.15, -0.1) is 11.3 Å². The summed E-state index contributed by atoms with van der Waals surface area (Å²) in [6.07, 6.45) is -0.605. The van der Waals surface area contributed by atoms with Crippen LogP contribution < -0.4 is 15.4 Å². The average molecular weight is 427 g/mol. The van der Waals surface area contributed by atoms with Crippen LogP contribution in [0.1, 0.15) is 31.1 Å². The number of rotatable bonds is 4. The number of hydrogen-bond acceptors (Lipinski definition) is 5. The van der Waals surface area contributed by atoms with Crippen LogP contribution in [0, 0.1) is 0 Å². The lowest BCUT2D eigenvalue weighted by Crippen LogP contribution is -2.27. The van der Waals surface area contributed by atoms with Crippen molar-refractivity contribution in [2.24, 2.45) is 0 Å². The number of benzene rings is 1. The van der Waals surface area contributed by atoms with Crippen LogP contribution in [0.25, 0.3) is 0 Å². The summed E-state index contributed by atoms with van der Waals surface area (Å²) in [4.78, 5) is 24.4. The molecule has 0 aliphatic heterocycles. The molecule has 0 saturated carbocycles. The van der Waals surface area contributed by atoms with Crippen molar-refractivity contribution in [1.82, 2.24) is 0 Å².